The molecule has 0 saturated carbocycles. The minimum atomic E-state index is -3.58. The monoisotopic (exact) mass is 401 g/mol. The Morgan fingerprint density at radius 3 is 2.25 bits per heavy atom. The quantitative estimate of drug-likeness (QED) is 0.811. The first-order chi connectivity index (χ1) is 13.3. The van der Waals surface area contributed by atoms with Crippen molar-refractivity contribution in [2.75, 3.05) is 27.8 Å². The van der Waals surface area contributed by atoms with Crippen LogP contribution in [0.1, 0.15) is 13.3 Å². The van der Waals surface area contributed by atoms with Crippen molar-refractivity contribution in [3.63, 3.8) is 0 Å². The third-order valence-electron chi connectivity index (χ3n) is 4.17. The molecular formula is C19H19N3O5S. The van der Waals surface area contributed by atoms with Crippen LogP contribution in [-0.2, 0) is 24.2 Å². The van der Waals surface area contributed by atoms with Crippen molar-refractivity contribution in [1.82, 2.24) is 0 Å². The van der Waals surface area contributed by atoms with E-state index < -0.39 is 21.7 Å². The van der Waals surface area contributed by atoms with Crippen LogP contribution < -0.4 is 15.5 Å². The minimum Gasteiger partial charge on any atom is -0.326 e. The summed E-state index contributed by atoms with van der Waals surface area (Å²) in [5.74, 6) is -1.38. The molecule has 1 heterocycles. The van der Waals surface area contributed by atoms with Crippen LogP contribution >= 0.6 is 0 Å². The number of hydrogen-bond acceptors (Lipinski definition) is 5. The number of benzene rings is 2. The van der Waals surface area contributed by atoms with Crippen molar-refractivity contribution in [3.8, 4) is 0 Å². The molecule has 0 aromatic heterocycles. The normalized spacial score (nSPS) is 15.3. The molecule has 2 aromatic carbocycles. The molecule has 8 nitrogen and oxygen atoms in total. The van der Waals surface area contributed by atoms with Gasteiger partial charge in [-0.2, -0.15) is 0 Å². The van der Waals surface area contributed by atoms with E-state index in [1.165, 1.54) is 24.0 Å². The van der Waals surface area contributed by atoms with Gasteiger partial charge in [0.05, 0.1) is 16.3 Å². The van der Waals surface area contributed by atoms with Crippen molar-refractivity contribution in [2.45, 2.75) is 18.2 Å². The second-order valence-corrected chi connectivity index (χ2v) is 8.40. The second-order valence-electron chi connectivity index (χ2n) is 6.32. The Kier molecular flexibility index (Phi) is 5.46. The summed E-state index contributed by atoms with van der Waals surface area (Å²) in [6.07, 6.45) is -0.185. The Bertz CT molecular complexity index is 1030. The predicted octanol–water partition coefficient (Wildman–Crippen LogP) is 1.79. The van der Waals surface area contributed by atoms with Crippen LogP contribution in [0.5, 0.6) is 0 Å². The van der Waals surface area contributed by atoms with E-state index in [4.69, 9.17) is 0 Å². The van der Waals surface area contributed by atoms with Gasteiger partial charge >= 0.3 is 0 Å². The largest absolute Gasteiger partial charge is 0.326 e. The highest BCUT2D eigenvalue weighted by molar-refractivity contribution is 7.91. The molecule has 2 N–H and O–H groups in total. The van der Waals surface area contributed by atoms with E-state index in [0.717, 1.165) is 0 Å². The molecule has 28 heavy (non-hydrogen) atoms. The van der Waals surface area contributed by atoms with Gasteiger partial charge in [-0.25, -0.2) is 8.42 Å². The molecule has 0 fully saturated rings. The Morgan fingerprint density at radius 1 is 1.00 bits per heavy atom. The topological polar surface area (TPSA) is 113 Å². The summed E-state index contributed by atoms with van der Waals surface area (Å²) in [6.45, 7) is 1.09. The third-order valence-corrected chi connectivity index (χ3v) is 5.92. The number of anilines is 3. The predicted molar refractivity (Wildman–Crippen MR) is 105 cm³/mol. The highest BCUT2D eigenvalue weighted by atomic mass is 32.2. The SMILES string of the molecule is CC(=O)Nc1ccc(NC(=O)CN2C(=O)CCS(=O)(=O)c3ccccc32)cc1. The van der Waals surface area contributed by atoms with Crippen LogP contribution in [0, 0.1) is 0 Å². The van der Waals surface area contributed by atoms with Crippen LogP contribution in [0.2, 0.25) is 0 Å². The maximum atomic E-state index is 12.4. The van der Waals surface area contributed by atoms with Crippen LogP contribution in [0.25, 0.3) is 0 Å². The summed E-state index contributed by atoms with van der Waals surface area (Å²) >= 11 is 0. The van der Waals surface area contributed by atoms with Crippen molar-refractivity contribution >= 4 is 44.6 Å². The molecular weight excluding hydrogens is 382 g/mol. The average molecular weight is 401 g/mol. The molecule has 1 aliphatic heterocycles. The van der Waals surface area contributed by atoms with Crippen molar-refractivity contribution in [3.05, 3.63) is 48.5 Å². The van der Waals surface area contributed by atoms with Gasteiger partial charge in [0.1, 0.15) is 6.54 Å². The summed E-state index contributed by atoms with van der Waals surface area (Å²) in [6, 6.07) is 12.7. The lowest BCUT2D eigenvalue weighted by molar-refractivity contribution is -0.121. The lowest BCUT2D eigenvalue weighted by Gasteiger charge is -2.21. The van der Waals surface area contributed by atoms with E-state index >= 15 is 0 Å². The zero-order valence-electron chi connectivity index (χ0n) is 15.1. The number of amides is 3. The number of nitrogens with zero attached hydrogens (tertiary/aromatic N) is 1. The van der Waals surface area contributed by atoms with Gasteiger partial charge in [-0.05, 0) is 36.4 Å². The molecule has 0 bridgehead atoms. The Hall–Kier alpha value is -3.20. The first kappa shape index (κ1) is 19.6. The molecule has 2 aromatic rings. The molecule has 9 heteroatoms. The number of nitrogens with one attached hydrogen (secondary N) is 2. The average Bonchev–Trinajstić information content (AvgIpc) is 2.74. The maximum Gasteiger partial charge on any atom is 0.244 e. The fourth-order valence-corrected chi connectivity index (χ4v) is 4.35. The fourth-order valence-electron chi connectivity index (χ4n) is 2.90. The van der Waals surface area contributed by atoms with Gasteiger partial charge < -0.3 is 15.5 Å². The third kappa shape index (κ3) is 4.37. The van der Waals surface area contributed by atoms with E-state index in [-0.39, 0.29) is 35.2 Å². The van der Waals surface area contributed by atoms with Crippen LogP contribution in [0.3, 0.4) is 0 Å². The first-order valence-electron chi connectivity index (χ1n) is 8.56. The molecule has 0 spiro atoms. The van der Waals surface area contributed by atoms with E-state index in [0.29, 0.717) is 11.4 Å². The zero-order valence-corrected chi connectivity index (χ0v) is 16.0. The Morgan fingerprint density at radius 2 is 1.61 bits per heavy atom. The number of fused-ring (bicyclic) bond motifs is 1. The molecule has 146 valence electrons. The Balaban J connectivity index is 1.77. The molecule has 1 aliphatic rings. The van der Waals surface area contributed by atoms with E-state index in [1.807, 2.05) is 0 Å². The van der Waals surface area contributed by atoms with Crippen LogP contribution in [0.15, 0.2) is 53.4 Å². The molecule has 0 unspecified atom stereocenters. The number of sulfone groups is 1. The summed E-state index contributed by atoms with van der Waals surface area (Å²) in [5, 5.41) is 5.29. The van der Waals surface area contributed by atoms with E-state index in [2.05, 4.69) is 10.6 Å². The second kappa shape index (κ2) is 7.81. The summed E-state index contributed by atoms with van der Waals surface area (Å²) in [5.41, 5.74) is 1.29. The first-order valence-corrected chi connectivity index (χ1v) is 10.2. The lowest BCUT2D eigenvalue weighted by atomic mass is 10.2. The molecule has 0 radical (unpaired) electrons. The Labute approximate surface area is 162 Å². The van der Waals surface area contributed by atoms with Crippen molar-refractivity contribution in [2.24, 2.45) is 0 Å². The van der Waals surface area contributed by atoms with Gasteiger partial charge in [-0.15, -0.1) is 0 Å². The van der Waals surface area contributed by atoms with Crippen molar-refractivity contribution < 1.29 is 22.8 Å². The molecule has 0 saturated heterocycles. The molecule has 0 atom stereocenters. The standard InChI is InChI=1S/C19H19N3O5S/c1-13(23)20-14-6-8-15(9-7-14)21-18(24)12-22-16-4-2-3-5-17(16)28(26,27)11-10-19(22)25/h2-9H,10-12H2,1H3,(H,20,23)(H,21,24). The maximum absolute atomic E-state index is 12.4. The van der Waals surface area contributed by atoms with Gasteiger partial charge in [0.2, 0.25) is 17.7 Å². The highest BCUT2D eigenvalue weighted by Gasteiger charge is 2.31. The van der Waals surface area contributed by atoms with Crippen LogP contribution in [0.4, 0.5) is 17.1 Å². The summed E-state index contributed by atoms with van der Waals surface area (Å²) in [4.78, 5) is 37.2. The van der Waals surface area contributed by atoms with Crippen LogP contribution in [-0.4, -0.2) is 38.4 Å². The lowest BCUT2D eigenvalue weighted by Crippen LogP contribution is -2.37. The zero-order chi connectivity index (χ0) is 20.3. The van der Waals surface area contributed by atoms with Gasteiger partial charge in [-0.1, -0.05) is 12.1 Å². The fraction of sp³-hybridized carbons (Fsp3) is 0.211. The van der Waals surface area contributed by atoms with Crippen molar-refractivity contribution in [1.29, 1.82) is 0 Å². The number of para-hydroxylation sites is 1. The molecule has 3 amide bonds. The van der Waals surface area contributed by atoms with Gasteiger partial charge in [0.15, 0.2) is 9.84 Å². The number of carbonyl (C=O) groups excluding carboxylic acids is 3. The summed E-state index contributed by atoms with van der Waals surface area (Å²) in [7, 11) is -3.58. The summed E-state index contributed by atoms with van der Waals surface area (Å²) < 4.78 is 24.7. The molecule has 3 rings (SSSR count). The number of rotatable bonds is 4. The minimum absolute atomic E-state index is 0.0494. The van der Waals surface area contributed by atoms with E-state index in [9.17, 15) is 22.8 Å². The van der Waals surface area contributed by atoms with Gasteiger partial charge in [0.25, 0.3) is 0 Å². The number of carbonyl (C=O) groups is 3. The highest BCUT2D eigenvalue weighted by Crippen LogP contribution is 2.30. The van der Waals surface area contributed by atoms with Gasteiger partial charge in [0, 0.05) is 24.7 Å². The van der Waals surface area contributed by atoms with E-state index in [1.54, 1.807) is 36.4 Å². The molecule has 0 aliphatic carbocycles. The number of hydrogen-bond donors (Lipinski definition) is 2. The van der Waals surface area contributed by atoms with Gasteiger partial charge in [-0.3, -0.25) is 14.4 Å². The smallest absolute Gasteiger partial charge is 0.244 e.